The van der Waals surface area contributed by atoms with E-state index >= 15 is 0 Å². The fourth-order valence-corrected chi connectivity index (χ4v) is 369. The van der Waals surface area contributed by atoms with Gasteiger partial charge in [0.25, 0.3) is 0 Å². The van der Waals surface area contributed by atoms with Crippen molar-refractivity contribution in [3.8, 4) is 0 Å². The molecule has 2 atom stereocenters. The fraction of sp³-hybridized carbons (Fsp3) is 0.429. The molecule has 0 saturated carbocycles. The summed E-state index contributed by atoms with van der Waals surface area (Å²) in [4.78, 5) is 0. The third-order valence-electron chi connectivity index (χ3n) is 9.72. The second-order valence-electron chi connectivity index (χ2n) is 12.7. The Kier molecular flexibility index (Phi) is 6.17. The van der Waals surface area contributed by atoms with E-state index in [2.05, 4.69) is 99.5 Å². The number of hydrogen-bond donors (Lipinski definition) is 0. The minimum atomic E-state index is -3.40. The molecule has 2 aromatic rings. The van der Waals surface area contributed by atoms with E-state index in [4.69, 9.17) is 0 Å². The second kappa shape index (κ2) is 8.36. The normalized spacial score (nSPS) is 24.5. The molecule has 174 valence electrons. The molecule has 3 aliphatic rings. The summed E-state index contributed by atoms with van der Waals surface area (Å²) < 4.78 is 7.68. The maximum absolute atomic E-state index is 3.40. The average Bonchev–Trinajstić information content (AvgIpc) is 3.21. The van der Waals surface area contributed by atoms with Crippen LogP contribution in [-0.4, -0.2) is 30.2 Å². The van der Waals surface area contributed by atoms with E-state index in [9.17, 15) is 0 Å². The quantitative estimate of drug-likeness (QED) is 0.369. The van der Waals surface area contributed by atoms with Crippen molar-refractivity contribution in [1.82, 2.24) is 0 Å². The predicted octanol–water partition coefficient (Wildman–Crippen LogP) is 5.67. The summed E-state index contributed by atoms with van der Waals surface area (Å²) in [6.07, 6.45) is 5.30. The molecule has 0 bridgehead atoms. The first-order valence-corrected chi connectivity index (χ1v) is 44.1. The summed E-state index contributed by atoms with van der Waals surface area (Å²) in [5.74, 6) is 1.21. The van der Waals surface area contributed by atoms with E-state index < -0.39 is 17.1 Å². The van der Waals surface area contributed by atoms with Crippen LogP contribution in [0.2, 0.25) is 9.36 Å². The van der Waals surface area contributed by atoms with E-state index in [1.165, 1.54) is 0 Å². The molecule has 2 aromatic carbocycles. The Balaban J connectivity index is 1.81. The molecule has 2 aliphatic carbocycles. The van der Waals surface area contributed by atoms with Gasteiger partial charge in [-0.15, -0.1) is 0 Å². The minimum absolute atomic E-state index is 0.0140. The predicted molar refractivity (Wildman–Crippen MR) is 157 cm³/mol. The Morgan fingerprint density at radius 3 is 1.48 bits per heavy atom. The Morgan fingerprint density at radius 1 is 0.727 bits per heavy atom. The topological polar surface area (TPSA) is 0 Å². The van der Waals surface area contributed by atoms with Crippen LogP contribution in [0.5, 0.6) is 0 Å². The molecule has 2 unspecified atom stereocenters. The van der Waals surface area contributed by atoms with Crippen molar-refractivity contribution in [3.63, 3.8) is 0 Å². The zero-order valence-corrected chi connectivity index (χ0v) is 30.9. The van der Waals surface area contributed by atoms with Crippen LogP contribution in [0.15, 0.2) is 47.5 Å². The molecule has 0 aromatic heterocycles. The van der Waals surface area contributed by atoms with Crippen LogP contribution in [-0.2, 0) is 17.1 Å². The molecule has 0 nitrogen and oxygen atoms in total. The number of hydrogen-bond acceptors (Lipinski definition) is 0. The van der Waals surface area contributed by atoms with Crippen LogP contribution in [0, 0.1) is 0 Å². The molecule has 0 radical (unpaired) electrons. The molecule has 0 N–H and O–H groups in total. The Morgan fingerprint density at radius 2 is 1.15 bits per heavy atom. The van der Waals surface area contributed by atoms with Crippen molar-refractivity contribution in [2.24, 2.45) is 0 Å². The van der Waals surface area contributed by atoms with Crippen LogP contribution in [0.4, 0.5) is 0 Å². The summed E-state index contributed by atoms with van der Waals surface area (Å²) >= 11 is -3.40. The van der Waals surface area contributed by atoms with Gasteiger partial charge in [0.1, 0.15) is 0 Å². The van der Waals surface area contributed by atoms with E-state index in [1.54, 1.807) is 44.5 Å². The van der Waals surface area contributed by atoms with Gasteiger partial charge in [0.2, 0.25) is 0 Å². The van der Waals surface area contributed by atoms with Crippen molar-refractivity contribution >= 4 is 42.3 Å². The molecule has 1 heterocycles. The van der Waals surface area contributed by atoms with Crippen LogP contribution < -0.4 is 0 Å². The van der Waals surface area contributed by atoms with Crippen LogP contribution in [0.1, 0.15) is 94.1 Å². The molecular formula is C28H42HfSi4. The van der Waals surface area contributed by atoms with Crippen molar-refractivity contribution in [1.29, 1.82) is 0 Å². The van der Waals surface area contributed by atoms with Gasteiger partial charge in [0, 0.05) is 0 Å². The molecule has 0 spiro atoms. The first kappa shape index (κ1) is 24.4. The molecule has 1 aliphatic heterocycles. The summed E-state index contributed by atoms with van der Waals surface area (Å²) in [7, 11) is 1.18. The summed E-state index contributed by atoms with van der Waals surface area (Å²) in [5, 5.41) is 0. The first-order chi connectivity index (χ1) is 15.5. The summed E-state index contributed by atoms with van der Waals surface area (Å²) in [6, 6.07) is 14.7. The van der Waals surface area contributed by atoms with Gasteiger partial charge in [-0.1, -0.05) is 0 Å². The molecule has 5 heteroatoms. The van der Waals surface area contributed by atoms with E-state index in [0.717, 1.165) is 7.35 Å². The summed E-state index contributed by atoms with van der Waals surface area (Å²) in [5.41, 5.74) is 13.4. The van der Waals surface area contributed by atoms with Crippen LogP contribution in [0.25, 0.3) is 12.2 Å². The zero-order valence-electron chi connectivity index (χ0n) is 22.0. The summed E-state index contributed by atoms with van der Waals surface area (Å²) in [6.45, 7) is 14.6. The number of fused-ring (bicyclic) bond motifs is 2. The molecule has 0 amide bonds. The van der Waals surface area contributed by atoms with Gasteiger partial charge in [-0.05, 0) is 0 Å². The Bertz CT molecular complexity index is 1200. The first-order valence-electron chi connectivity index (χ1n) is 13.2. The van der Waals surface area contributed by atoms with E-state index in [-0.39, 0.29) is 4.53 Å². The average molecular weight is 669 g/mol. The fourth-order valence-electron chi connectivity index (χ4n) is 8.24. The standard InChI is InChI=1S/2C13H15.2CH3.Hf.H6Si4/c2*1-9(2)12-6-4-5-11-7-10(3)8-13(11)12;;;;1-2-4-3-1/h2*4-9H,1-3H3;2*1H3;;1-3H2. The van der Waals surface area contributed by atoms with Crippen LogP contribution >= 0.6 is 0 Å². The maximum atomic E-state index is 3.03. The SMILES string of the molecule is CC1=Cc2c(C(C)C)cccc2[CH]1[Hf]([CH3])([CH3])([CH]1C(C)=Cc2c(C(C)C)cccc21)=[Si]1[SiH2][SiH2][SiH2]1. The van der Waals surface area contributed by atoms with Crippen molar-refractivity contribution in [2.45, 2.75) is 70.1 Å². The molecule has 33 heavy (non-hydrogen) atoms. The Hall–Kier alpha value is -0.342. The molecule has 1 fully saturated rings. The molecular weight excluding hydrogens is 627 g/mol. The van der Waals surface area contributed by atoms with Crippen molar-refractivity contribution in [3.05, 3.63) is 80.9 Å². The third kappa shape index (κ3) is 3.46. The Labute approximate surface area is 209 Å². The molecule has 1 saturated heterocycles. The van der Waals surface area contributed by atoms with E-state index in [0.29, 0.717) is 37.5 Å². The van der Waals surface area contributed by atoms with Gasteiger partial charge in [-0.25, -0.2) is 0 Å². The number of benzene rings is 2. The number of rotatable bonds is 4. The van der Waals surface area contributed by atoms with Gasteiger partial charge < -0.3 is 0 Å². The van der Waals surface area contributed by atoms with Gasteiger partial charge in [-0.3, -0.25) is 0 Å². The van der Waals surface area contributed by atoms with Gasteiger partial charge >= 0.3 is 210 Å². The van der Waals surface area contributed by atoms with E-state index in [1.807, 2.05) is 0 Å². The van der Waals surface area contributed by atoms with Gasteiger partial charge in [-0.2, -0.15) is 0 Å². The van der Waals surface area contributed by atoms with Gasteiger partial charge in [0.05, 0.1) is 0 Å². The van der Waals surface area contributed by atoms with Crippen molar-refractivity contribution in [2.75, 3.05) is 0 Å². The zero-order chi connectivity index (χ0) is 23.7. The molecule has 5 rings (SSSR count). The van der Waals surface area contributed by atoms with Gasteiger partial charge in [0.15, 0.2) is 0 Å². The monoisotopic (exact) mass is 670 g/mol. The van der Waals surface area contributed by atoms with Crippen LogP contribution in [0.3, 0.4) is 0 Å². The van der Waals surface area contributed by atoms with Crippen molar-refractivity contribution < 1.29 is 17.1 Å². The number of allylic oxidation sites excluding steroid dienone is 2. The second-order valence-corrected chi connectivity index (χ2v) is 103. The third-order valence-corrected chi connectivity index (χ3v) is 225.